The third kappa shape index (κ3) is 6.31. The van der Waals surface area contributed by atoms with Crippen molar-refractivity contribution in [3.63, 3.8) is 0 Å². The number of aromatic nitrogens is 1. The van der Waals surface area contributed by atoms with E-state index >= 15 is 0 Å². The number of piperidine rings is 1. The quantitative estimate of drug-likeness (QED) is 0.258. The number of hydrogen-bond donors (Lipinski definition) is 2. The number of alkyl halides is 3. The number of halogens is 5. The van der Waals surface area contributed by atoms with Crippen LogP contribution in [-0.4, -0.2) is 49.6 Å². The zero-order chi connectivity index (χ0) is 27.6. The van der Waals surface area contributed by atoms with Crippen molar-refractivity contribution in [1.82, 2.24) is 15.2 Å². The van der Waals surface area contributed by atoms with Gasteiger partial charge in [-0.2, -0.15) is 0 Å². The first kappa shape index (κ1) is 28.4. The van der Waals surface area contributed by atoms with Gasteiger partial charge in [-0.15, -0.1) is 0 Å². The number of Topliss-reactive ketones (excluding diaryl/α,β-unsaturated/α-hetero) is 1. The average molecular weight is 606 g/mol. The van der Waals surface area contributed by atoms with Crippen molar-refractivity contribution in [1.29, 1.82) is 0 Å². The summed E-state index contributed by atoms with van der Waals surface area (Å²) in [5.74, 6) is -3.53. The number of fused-ring (bicyclic) bond motifs is 2. The molecule has 1 aromatic heterocycles. The molecular formula is C24H21Cl4FN4O5. The Morgan fingerprint density at radius 3 is 2.32 bits per heavy atom. The Hall–Kier alpha value is -2.66. The number of urea groups is 1. The summed E-state index contributed by atoms with van der Waals surface area (Å²) in [6, 6.07) is 7.55. The summed E-state index contributed by atoms with van der Waals surface area (Å²) in [5, 5.41) is 3.23. The minimum Gasteiger partial charge on any atom is -0.445 e. The molecule has 14 heteroatoms. The van der Waals surface area contributed by atoms with Gasteiger partial charge in [0.2, 0.25) is 0 Å². The molecule has 2 fully saturated rings. The van der Waals surface area contributed by atoms with Crippen LogP contribution >= 0.6 is 46.4 Å². The smallest absolute Gasteiger partial charge is 0.410 e. The minimum atomic E-state index is -2.44. The van der Waals surface area contributed by atoms with Gasteiger partial charge in [-0.1, -0.05) is 76.7 Å². The Labute approximate surface area is 236 Å². The van der Waals surface area contributed by atoms with Crippen molar-refractivity contribution in [3.8, 4) is 0 Å². The number of imide groups is 1. The van der Waals surface area contributed by atoms with Crippen molar-refractivity contribution >= 4 is 75.9 Å². The van der Waals surface area contributed by atoms with Gasteiger partial charge >= 0.3 is 12.1 Å². The molecular weight excluding hydrogens is 585 g/mol. The highest BCUT2D eigenvalue weighted by atomic mass is 35.6. The monoisotopic (exact) mass is 604 g/mol. The molecule has 2 saturated heterocycles. The maximum absolute atomic E-state index is 14.9. The molecule has 0 saturated carbocycles. The van der Waals surface area contributed by atoms with Crippen LogP contribution in [0.5, 0.6) is 0 Å². The lowest BCUT2D eigenvalue weighted by molar-refractivity contribution is -0.119. The van der Waals surface area contributed by atoms with Gasteiger partial charge in [-0.05, 0) is 31.2 Å². The lowest BCUT2D eigenvalue weighted by Gasteiger charge is -2.37. The number of carbonyl (C=O) groups is 4. The van der Waals surface area contributed by atoms with E-state index in [0.29, 0.717) is 25.7 Å². The third-order valence-electron chi connectivity index (χ3n) is 6.49. The summed E-state index contributed by atoms with van der Waals surface area (Å²) in [7, 11) is 0. The number of pyridine rings is 1. The van der Waals surface area contributed by atoms with Crippen molar-refractivity contribution < 1.29 is 28.3 Å². The van der Waals surface area contributed by atoms with Crippen LogP contribution in [0.1, 0.15) is 41.6 Å². The summed E-state index contributed by atoms with van der Waals surface area (Å²) in [4.78, 5) is 55.7. The molecule has 4 amide bonds. The van der Waals surface area contributed by atoms with Crippen molar-refractivity contribution in [2.45, 2.75) is 48.2 Å². The van der Waals surface area contributed by atoms with E-state index in [1.807, 2.05) is 30.3 Å². The van der Waals surface area contributed by atoms with Gasteiger partial charge in [0.15, 0.2) is 16.8 Å². The summed E-state index contributed by atoms with van der Waals surface area (Å²) >= 11 is 22.1. The number of nitrogens with zero attached hydrogens (tertiary/aromatic N) is 2. The summed E-state index contributed by atoms with van der Waals surface area (Å²) in [6.45, 7) is 0.131. The van der Waals surface area contributed by atoms with E-state index in [1.54, 1.807) is 10.2 Å². The average Bonchev–Trinajstić information content (AvgIpc) is 3.14. The summed E-state index contributed by atoms with van der Waals surface area (Å²) in [5.41, 5.74) is 0.0460. The molecule has 0 aliphatic carbocycles. The van der Waals surface area contributed by atoms with E-state index in [-0.39, 0.29) is 24.3 Å². The van der Waals surface area contributed by atoms with E-state index in [4.69, 9.17) is 51.1 Å². The van der Waals surface area contributed by atoms with Gasteiger partial charge in [0, 0.05) is 24.2 Å². The number of ether oxygens (including phenoxy) is 1. The number of anilines is 1. The molecule has 2 bridgehead atoms. The molecule has 1 aromatic carbocycles. The highest BCUT2D eigenvalue weighted by Gasteiger charge is 2.46. The van der Waals surface area contributed by atoms with Gasteiger partial charge in [0.1, 0.15) is 6.61 Å². The molecule has 0 radical (unpaired) electrons. The highest BCUT2D eigenvalue weighted by Crippen LogP contribution is 2.41. The standard InChI is InChI=1S/C24H21Cl4FN4O5/c25-20-17(29)18(31-22(36)32-21(35)24(26,27)28)16(10-30-20)19(34)13-8-14-6-7-15(9-13)33(14)23(37)38-11-12-4-2-1-3-5-12/h1-5,10,13-15H,6-9,11H2,(H2,30,31,32,35,36)/t13?,14-,15+. The first-order valence-corrected chi connectivity index (χ1v) is 13.0. The van der Waals surface area contributed by atoms with E-state index in [0.717, 1.165) is 11.8 Å². The number of nitrogens with one attached hydrogen (secondary N) is 2. The minimum absolute atomic E-state index is 0.131. The van der Waals surface area contributed by atoms with Crippen LogP contribution in [0.3, 0.4) is 0 Å². The maximum Gasteiger partial charge on any atom is 0.410 e. The second kappa shape index (κ2) is 11.6. The Morgan fingerprint density at radius 1 is 1.08 bits per heavy atom. The summed E-state index contributed by atoms with van der Waals surface area (Å²) < 4.78 is 17.9. The van der Waals surface area contributed by atoms with E-state index in [2.05, 4.69) is 10.3 Å². The van der Waals surface area contributed by atoms with Gasteiger partial charge in [0.25, 0.3) is 9.70 Å². The van der Waals surface area contributed by atoms with Crippen molar-refractivity contribution in [3.05, 3.63) is 58.6 Å². The Bertz CT molecular complexity index is 1250. The first-order valence-electron chi connectivity index (χ1n) is 11.5. The lowest BCUT2D eigenvalue weighted by Crippen LogP contribution is -2.48. The fourth-order valence-electron chi connectivity index (χ4n) is 4.79. The number of hydrogen-bond acceptors (Lipinski definition) is 6. The number of ketones is 1. The van der Waals surface area contributed by atoms with Gasteiger partial charge in [-0.3, -0.25) is 14.9 Å². The predicted octanol–water partition coefficient (Wildman–Crippen LogP) is 5.65. The van der Waals surface area contributed by atoms with Gasteiger partial charge in [-0.25, -0.2) is 19.0 Å². The van der Waals surface area contributed by atoms with Crippen LogP contribution in [0, 0.1) is 11.7 Å². The molecule has 2 aliphatic heterocycles. The van der Waals surface area contributed by atoms with Gasteiger partial charge in [0.05, 0.1) is 11.3 Å². The molecule has 3 atom stereocenters. The normalized spacial score (nSPS) is 20.6. The molecule has 9 nitrogen and oxygen atoms in total. The van der Waals surface area contributed by atoms with Crippen LogP contribution in [0.25, 0.3) is 0 Å². The SMILES string of the molecule is O=C(NC(=O)C(Cl)(Cl)Cl)Nc1c(C(=O)C2C[C@H]3CC[C@@H](C2)N3C(=O)OCc2ccccc2)cnc(Cl)c1F. The molecule has 0 spiro atoms. The zero-order valence-electron chi connectivity index (χ0n) is 19.6. The third-order valence-corrected chi connectivity index (χ3v) is 7.26. The van der Waals surface area contributed by atoms with Crippen molar-refractivity contribution in [2.24, 2.45) is 5.92 Å². The molecule has 202 valence electrons. The lowest BCUT2D eigenvalue weighted by atomic mass is 9.85. The number of amides is 4. The Balaban J connectivity index is 1.46. The molecule has 2 aromatic rings. The van der Waals surface area contributed by atoms with Gasteiger partial charge < -0.3 is 15.0 Å². The predicted molar refractivity (Wildman–Crippen MR) is 139 cm³/mol. The van der Waals surface area contributed by atoms with Crippen LogP contribution in [-0.2, 0) is 16.1 Å². The maximum atomic E-state index is 14.9. The number of benzene rings is 1. The zero-order valence-corrected chi connectivity index (χ0v) is 22.6. The number of carbonyl (C=O) groups excluding carboxylic acids is 4. The van der Waals surface area contributed by atoms with E-state index in [9.17, 15) is 23.6 Å². The van der Waals surface area contributed by atoms with Crippen molar-refractivity contribution in [2.75, 3.05) is 5.32 Å². The Morgan fingerprint density at radius 2 is 1.71 bits per heavy atom. The molecule has 3 heterocycles. The molecule has 38 heavy (non-hydrogen) atoms. The molecule has 4 rings (SSSR count). The molecule has 2 aliphatic rings. The fourth-order valence-corrected chi connectivity index (χ4v) is 5.08. The van der Waals surface area contributed by atoms with E-state index in [1.165, 1.54) is 0 Å². The molecule has 1 unspecified atom stereocenters. The first-order chi connectivity index (χ1) is 18.0. The van der Waals surface area contributed by atoms with Crippen LogP contribution < -0.4 is 10.6 Å². The highest BCUT2D eigenvalue weighted by molar-refractivity contribution is 6.76. The Kier molecular flexibility index (Phi) is 8.66. The van der Waals surface area contributed by atoms with Crippen LogP contribution in [0.15, 0.2) is 36.5 Å². The topological polar surface area (TPSA) is 118 Å². The molecule has 2 N–H and O–H groups in total. The van der Waals surface area contributed by atoms with E-state index < -0.39 is 50.2 Å². The summed E-state index contributed by atoms with van der Waals surface area (Å²) in [6.07, 6.45) is 2.60. The second-order valence-corrected chi connectivity index (χ2v) is 11.6. The van der Waals surface area contributed by atoms with Crippen LogP contribution in [0.4, 0.5) is 19.7 Å². The van der Waals surface area contributed by atoms with Crippen LogP contribution in [0.2, 0.25) is 5.15 Å². The fraction of sp³-hybridized carbons (Fsp3) is 0.375. The largest absolute Gasteiger partial charge is 0.445 e. The number of rotatable bonds is 5. The second-order valence-electron chi connectivity index (χ2n) is 8.92.